The number of aliphatic hydroxyl groups excluding tert-OH is 1. The van der Waals surface area contributed by atoms with Crippen molar-refractivity contribution in [3.8, 4) is 0 Å². The van der Waals surface area contributed by atoms with Gasteiger partial charge >= 0.3 is 0 Å². The van der Waals surface area contributed by atoms with Crippen LogP contribution >= 0.6 is 0 Å². The van der Waals surface area contributed by atoms with Gasteiger partial charge in [-0.2, -0.15) is 0 Å². The lowest BCUT2D eigenvalue weighted by atomic mass is 10.0. The van der Waals surface area contributed by atoms with Crippen LogP contribution in [0, 0.1) is 0 Å². The van der Waals surface area contributed by atoms with Gasteiger partial charge in [-0.05, 0) is 24.0 Å². The summed E-state index contributed by atoms with van der Waals surface area (Å²) in [4.78, 5) is 0. The third kappa shape index (κ3) is 2.43. The number of nitrogens with two attached hydrogens (primary N) is 1. The number of methoxy groups -OCH3 is 1. The van der Waals surface area contributed by atoms with Gasteiger partial charge in [-0.1, -0.05) is 24.3 Å². The van der Waals surface area contributed by atoms with E-state index in [1.807, 2.05) is 12.1 Å². The van der Waals surface area contributed by atoms with Crippen molar-refractivity contribution in [2.45, 2.75) is 30.9 Å². The van der Waals surface area contributed by atoms with E-state index in [4.69, 9.17) is 15.6 Å². The average molecular weight is 221 g/mol. The molecule has 88 valence electrons. The van der Waals surface area contributed by atoms with Crippen molar-refractivity contribution in [3.63, 3.8) is 0 Å². The fraction of sp³-hybridized carbons (Fsp3) is 0.538. The van der Waals surface area contributed by atoms with Crippen LogP contribution < -0.4 is 5.73 Å². The summed E-state index contributed by atoms with van der Waals surface area (Å²) in [5, 5.41) is 9.02. The molecule has 3 nitrogen and oxygen atoms in total. The number of benzene rings is 1. The summed E-state index contributed by atoms with van der Waals surface area (Å²) in [5.41, 5.74) is 8.09. The Bertz CT molecular complexity index is 361. The molecule has 1 aliphatic rings. The van der Waals surface area contributed by atoms with Crippen molar-refractivity contribution in [2.75, 3.05) is 13.7 Å². The van der Waals surface area contributed by atoms with Crippen LogP contribution in [0.4, 0.5) is 0 Å². The van der Waals surface area contributed by atoms with Gasteiger partial charge in [0.15, 0.2) is 0 Å². The predicted molar refractivity (Wildman–Crippen MR) is 63.1 cm³/mol. The molecule has 0 radical (unpaired) electrons. The minimum Gasteiger partial charge on any atom is -0.394 e. The standard InChI is InChI=1S/C13H19NO2/c1-16-13(5-6-13)8-10-3-2-4-11(7-10)12(14)9-15/h2-4,7,12,15H,5-6,8-9,14H2,1H3. The summed E-state index contributed by atoms with van der Waals surface area (Å²) in [6.45, 7) is -0.0150. The van der Waals surface area contributed by atoms with Gasteiger partial charge in [0, 0.05) is 13.5 Å². The minimum atomic E-state index is -0.280. The highest BCUT2D eigenvalue weighted by Gasteiger charge is 2.42. The molecule has 3 N–H and O–H groups in total. The number of ether oxygens (including phenoxy) is 1. The fourth-order valence-electron chi connectivity index (χ4n) is 2.00. The lowest BCUT2D eigenvalue weighted by Gasteiger charge is -2.15. The van der Waals surface area contributed by atoms with Crippen molar-refractivity contribution in [2.24, 2.45) is 5.73 Å². The van der Waals surface area contributed by atoms with Gasteiger partial charge in [0.05, 0.1) is 18.2 Å². The van der Waals surface area contributed by atoms with Gasteiger partial charge in [0.2, 0.25) is 0 Å². The Morgan fingerprint density at radius 1 is 1.50 bits per heavy atom. The highest BCUT2D eigenvalue weighted by Crippen LogP contribution is 2.41. The van der Waals surface area contributed by atoms with Crippen LogP contribution in [0.1, 0.15) is 30.0 Å². The Labute approximate surface area is 96.2 Å². The Morgan fingerprint density at radius 2 is 2.25 bits per heavy atom. The second kappa shape index (κ2) is 4.53. The molecule has 0 amide bonds. The molecule has 2 rings (SSSR count). The highest BCUT2D eigenvalue weighted by molar-refractivity contribution is 5.28. The van der Waals surface area contributed by atoms with Gasteiger partial charge in [0.1, 0.15) is 0 Å². The monoisotopic (exact) mass is 221 g/mol. The first-order chi connectivity index (χ1) is 7.69. The van der Waals surface area contributed by atoms with E-state index >= 15 is 0 Å². The van der Waals surface area contributed by atoms with Crippen LogP contribution in [0.15, 0.2) is 24.3 Å². The molecule has 1 unspecified atom stereocenters. The van der Waals surface area contributed by atoms with Crippen LogP contribution in [0.5, 0.6) is 0 Å². The molecule has 0 aromatic heterocycles. The molecule has 0 aliphatic heterocycles. The largest absolute Gasteiger partial charge is 0.394 e. The molecule has 1 saturated carbocycles. The third-order valence-corrected chi connectivity index (χ3v) is 3.34. The van der Waals surface area contributed by atoms with Crippen molar-refractivity contribution >= 4 is 0 Å². The Hall–Kier alpha value is -0.900. The number of hydrogen-bond donors (Lipinski definition) is 2. The van der Waals surface area contributed by atoms with E-state index in [1.54, 1.807) is 7.11 Å². The maximum absolute atomic E-state index is 9.02. The molecule has 16 heavy (non-hydrogen) atoms. The molecule has 1 aromatic carbocycles. The smallest absolute Gasteiger partial charge is 0.0721 e. The third-order valence-electron chi connectivity index (χ3n) is 3.34. The summed E-state index contributed by atoms with van der Waals surface area (Å²) in [7, 11) is 1.77. The first kappa shape index (κ1) is 11.6. The first-order valence-electron chi connectivity index (χ1n) is 5.69. The van der Waals surface area contributed by atoms with Crippen LogP contribution in [0.25, 0.3) is 0 Å². The SMILES string of the molecule is COC1(Cc2cccc(C(N)CO)c2)CC1. The predicted octanol–water partition coefficient (Wildman–Crippen LogP) is 1.40. The quantitative estimate of drug-likeness (QED) is 0.790. The van der Waals surface area contributed by atoms with Crippen molar-refractivity contribution in [1.29, 1.82) is 0 Å². The Kier molecular flexibility index (Phi) is 3.28. The van der Waals surface area contributed by atoms with E-state index in [-0.39, 0.29) is 18.2 Å². The molecule has 0 heterocycles. The molecule has 0 bridgehead atoms. The molecule has 1 aliphatic carbocycles. The van der Waals surface area contributed by atoms with E-state index in [0.29, 0.717) is 0 Å². The molecular formula is C13H19NO2. The summed E-state index contributed by atoms with van der Waals surface area (Å²) in [6, 6.07) is 7.83. The average Bonchev–Trinajstić information content (AvgIpc) is 3.09. The van der Waals surface area contributed by atoms with Gasteiger partial charge in [-0.25, -0.2) is 0 Å². The zero-order valence-corrected chi connectivity index (χ0v) is 9.65. The summed E-state index contributed by atoms with van der Waals surface area (Å²) in [5.74, 6) is 0. The van der Waals surface area contributed by atoms with E-state index in [1.165, 1.54) is 5.56 Å². The molecule has 1 aromatic rings. The molecular weight excluding hydrogens is 202 g/mol. The fourth-order valence-corrected chi connectivity index (χ4v) is 2.00. The second-order valence-electron chi connectivity index (χ2n) is 4.60. The zero-order valence-electron chi connectivity index (χ0n) is 9.65. The van der Waals surface area contributed by atoms with Crippen molar-refractivity contribution < 1.29 is 9.84 Å². The summed E-state index contributed by atoms with van der Waals surface area (Å²) in [6.07, 6.45) is 3.22. The molecule has 3 heteroatoms. The van der Waals surface area contributed by atoms with Crippen molar-refractivity contribution in [3.05, 3.63) is 35.4 Å². The molecule has 0 spiro atoms. The van der Waals surface area contributed by atoms with Gasteiger partial charge in [-0.3, -0.25) is 0 Å². The van der Waals surface area contributed by atoms with E-state index in [9.17, 15) is 0 Å². The zero-order chi connectivity index (χ0) is 11.6. The lowest BCUT2D eigenvalue weighted by molar-refractivity contribution is 0.0807. The van der Waals surface area contributed by atoms with Crippen LogP contribution in [0.2, 0.25) is 0 Å². The number of rotatable bonds is 5. The molecule has 1 fully saturated rings. The van der Waals surface area contributed by atoms with Crippen LogP contribution in [-0.2, 0) is 11.2 Å². The van der Waals surface area contributed by atoms with Crippen LogP contribution in [-0.4, -0.2) is 24.4 Å². The lowest BCUT2D eigenvalue weighted by Crippen LogP contribution is -2.17. The summed E-state index contributed by atoms with van der Waals surface area (Å²) < 4.78 is 5.50. The van der Waals surface area contributed by atoms with Crippen molar-refractivity contribution in [1.82, 2.24) is 0 Å². The first-order valence-corrected chi connectivity index (χ1v) is 5.69. The number of hydrogen-bond acceptors (Lipinski definition) is 3. The highest BCUT2D eigenvalue weighted by atomic mass is 16.5. The molecule has 1 atom stereocenters. The van der Waals surface area contributed by atoms with Gasteiger partial charge in [0.25, 0.3) is 0 Å². The Balaban J connectivity index is 2.10. The normalized spacial score (nSPS) is 19.4. The second-order valence-corrected chi connectivity index (χ2v) is 4.60. The molecule has 0 saturated heterocycles. The maximum atomic E-state index is 9.02. The van der Waals surface area contributed by atoms with Crippen LogP contribution in [0.3, 0.4) is 0 Å². The van der Waals surface area contributed by atoms with Gasteiger partial charge in [-0.15, -0.1) is 0 Å². The topological polar surface area (TPSA) is 55.5 Å². The van der Waals surface area contributed by atoms with E-state index in [2.05, 4.69) is 12.1 Å². The summed E-state index contributed by atoms with van der Waals surface area (Å²) >= 11 is 0. The minimum absolute atomic E-state index is 0.0150. The van der Waals surface area contributed by atoms with E-state index in [0.717, 1.165) is 24.8 Å². The van der Waals surface area contributed by atoms with Gasteiger partial charge < -0.3 is 15.6 Å². The number of aliphatic hydroxyl groups is 1. The van der Waals surface area contributed by atoms with E-state index < -0.39 is 0 Å². The Morgan fingerprint density at radius 3 is 2.81 bits per heavy atom. The maximum Gasteiger partial charge on any atom is 0.0721 e.